The van der Waals surface area contributed by atoms with Gasteiger partial charge in [0.05, 0.1) is 16.8 Å². The third kappa shape index (κ3) is 3.03. The first-order valence-electron chi connectivity index (χ1n) is 8.32. The van der Waals surface area contributed by atoms with Gasteiger partial charge in [0, 0.05) is 23.6 Å². The molecule has 0 amide bonds. The van der Waals surface area contributed by atoms with Crippen LogP contribution in [-0.2, 0) is 9.84 Å². The van der Waals surface area contributed by atoms with Crippen molar-refractivity contribution in [2.45, 2.75) is 4.90 Å². The Morgan fingerprint density at radius 2 is 1.64 bits per heavy atom. The van der Waals surface area contributed by atoms with Crippen molar-refractivity contribution in [1.29, 1.82) is 0 Å². The Morgan fingerprint density at radius 3 is 2.25 bits per heavy atom. The summed E-state index contributed by atoms with van der Waals surface area (Å²) in [6.45, 7) is 0. The zero-order chi connectivity index (χ0) is 19.9. The lowest BCUT2D eigenvalue weighted by Gasteiger charge is -2.12. The Kier molecular flexibility index (Phi) is 4.20. The summed E-state index contributed by atoms with van der Waals surface area (Å²) in [4.78, 5) is 16.0. The third-order valence-corrected chi connectivity index (χ3v) is 5.53. The quantitative estimate of drug-likeness (QED) is 0.571. The summed E-state index contributed by atoms with van der Waals surface area (Å²) in [5, 5.41) is 13.6. The van der Waals surface area contributed by atoms with Crippen LogP contribution < -0.4 is 0 Å². The molecule has 2 aromatic heterocycles. The van der Waals surface area contributed by atoms with Crippen molar-refractivity contribution in [3.8, 4) is 22.4 Å². The van der Waals surface area contributed by atoms with Crippen molar-refractivity contribution >= 4 is 21.5 Å². The predicted octanol–water partition coefficient (Wildman–Crippen LogP) is 3.17. The van der Waals surface area contributed by atoms with Crippen LogP contribution in [0, 0.1) is 0 Å². The summed E-state index contributed by atoms with van der Waals surface area (Å²) < 4.78 is 25.0. The van der Waals surface area contributed by atoms with Crippen molar-refractivity contribution in [1.82, 2.24) is 14.6 Å². The number of hydrogen-bond donors (Lipinski definition) is 1. The second-order valence-corrected chi connectivity index (χ2v) is 8.30. The molecule has 0 aliphatic rings. The van der Waals surface area contributed by atoms with Crippen molar-refractivity contribution in [3.05, 3.63) is 72.6 Å². The molecule has 28 heavy (non-hydrogen) atoms. The second-order valence-electron chi connectivity index (χ2n) is 6.28. The van der Waals surface area contributed by atoms with Gasteiger partial charge in [-0.15, -0.1) is 0 Å². The number of aromatic carboxylic acids is 1. The van der Waals surface area contributed by atoms with Gasteiger partial charge >= 0.3 is 5.97 Å². The molecule has 0 atom stereocenters. The van der Waals surface area contributed by atoms with Crippen LogP contribution in [0.15, 0.2) is 71.9 Å². The molecule has 0 aliphatic heterocycles. The summed E-state index contributed by atoms with van der Waals surface area (Å²) in [5.41, 5.74) is 3.20. The number of fused-ring (bicyclic) bond motifs is 1. The molecule has 1 N–H and O–H groups in total. The Hall–Kier alpha value is -3.52. The van der Waals surface area contributed by atoms with Gasteiger partial charge in [-0.05, 0) is 17.7 Å². The molecule has 0 bridgehead atoms. The lowest BCUT2D eigenvalue weighted by atomic mass is 10.0. The number of carboxylic acids is 1. The smallest absolute Gasteiger partial charge is 0.341 e. The lowest BCUT2D eigenvalue weighted by molar-refractivity contribution is 0.0698. The van der Waals surface area contributed by atoms with Gasteiger partial charge in [-0.25, -0.2) is 22.7 Å². The first-order valence-corrected chi connectivity index (χ1v) is 10.2. The monoisotopic (exact) mass is 393 g/mol. The van der Waals surface area contributed by atoms with E-state index in [9.17, 15) is 18.3 Å². The van der Waals surface area contributed by atoms with E-state index < -0.39 is 15.8 Å². The highest BCUT2D eigenvalue weighted by Crippen LogP contribution is 2.33. The van der Waals surface area contributed by atoms with Gasteiger partial charge in [0.25, 0.3) is 0 Å². The van der Waals surface area contributed by atoms with Gasteiger partial charge in [-0.2, -0.15) is 5.10 Å². The Labute approximate surface area is 160 Å². The lowest BCUT2D eigenvalue weighted by Crippen LogP contribution is -2.02. The van der Waals surface area contributed by atoms with E-state index in [1.165, 1.54) is 22.8 Å². The van der Waals surface area contributed by atoms with Gasteiger partial charge in [-0.1, -0.05) is 42.5 Å². The first kappa shape index (κ1) is 17.9. The highest BCUT2D eigenvalue weighted by atomic mass is 32.2. The first-order chi connectivity index (χ1) is 13.4. The topological polar surface area (TPSA) is 102 Å². The van der Waals surface area contributed by atoms with E-state index in [0.717, 1.165) is 17.4 Å². The molecule has 0 unspecified atom stereocenters. The number of nitrogens with zero attached hydrogens (tertiary/aromatic N) is 3. The number of carboxylic acid groups (broad SMARTS) is 1. The summed E-state index contributed by atoms with van der Waals surface area (Å²) >= 11 is 0. The van der Waals surface area contributed by atoms with E-state index >= 15 is 0 Å². The van der Waals surface area contributed by atoms with Crippen LogP contribution in [0.3, 0.4) is 0 Å². The molecule has 4 rings (SSSR count). The van der Waals surface area contributed by atoms with Crippen LogP contribution in [0.5, 0.6) is 0 Å². The summed E-state index contributed by atoms with van der Waals surface area (Å²) in [6, 6.07) is 15.9. The maximum absolute atomic E-state index is 11.7. The van der Waals surface area contributed by atoms with E-state index in [1.807, 2.05) is 30.3 Å². The number of benzene rings is 2. The van der Waals surface area contributed by atoms with Crippen LogP contribution in [0.25, 0.3) is 28.0 Å². The van der Waals surface area contributed by atoms with E-state index in [1.54, 1.807) is 18.3 Å². The van der Waals surface area contributed by atoms with E-state index in [0.29, 0.717) is 11.3 Å². The molecule has 0 spiro atoms. The maximum Gasteiger partial charge on any atom is 0.341 e. The number of carbonyl (C=O) groups is 1. The number of sulfone groups is 1. The van der Waals surface area contributed by atoms with Gasteiger partial charge in [0.15, 0.2) is 15.5 Å². The van der Waals surface area contributed by atoms with E-state index in [2.05, 4.69) is 10.1 Å². The minimum atomic E-state index is -3.30. The highest BCUT2D eigenvalue weighted by molar-refractivity contribution is 7.90. The molecule has 0 radical (unpaired) electrons. The number of hydrogen-bond acceptors (Lipinski definition) is 5. The fourth-order valence-electron chi connectivity index (χ4n) is 3.05. The molecule has 0 saturated carbocycles. The summed E-state index contributed by atoms with van der Waals surface area (Å²) in [6.07, 6.45) is 4.01. The molecule has 0 aliphatic carbocycles. The van der Waals surface area contributed by atoms with Gasteiger partial charge in [-0.3, -0.25) is 0 Å². The van der Waals surface area contributed by atoms with Crippen LogP contribution in [0.4, 0.5) is 0 Å². The molecule has 2 heterocycles. The van der Waals surface area contributed by atoms with Gasteiger partial charge in [0.1, 0.15) is 5.56 Å². The van der Waals surface area contributed by atoms with Crippen LogP contribution in [0.1, 0.15) is 10.4 Å². The largest absolute Gasteiger partial charge is 0.477 e. The number of rotatable bonds is 4. The van der Waals surface area contributed by atoms with Crippen molar-refractivity contribution in [3.63, 3.8) is 0 Å². The molecule has 0 saturated heterocycles. The van der Waals surface area contributed by atoms with Crippen molar-refractivity contribution in [2.24, 2.45) is 0 Å². The molecule has 8 heteroatoms. The molecular weight excluding hydrogens is 378 g/mol. The van der Waals surface area contributed by atoms with E-state index in [-0.39, 0.29) is 16.1 Å². The van der Waals surface area contributed by atoms with Crippen molar-refractivity contribution in [2.75, 3.05) is 6.26 Å². The van der Waals surface area contributed by atoms with Crippen molar-refractivity contribution < 1.29 is 18.3 Å². The SMILES string of the molecule is CS(=O)(=O)c1ccc(-c2cnc3c(C(=O)O)cnn3c2-c2ccccc2)cc1. The number of aromatic nitrogens is 3. The standard InChI is InChI=1S/C20H15N3O4S/c1-28(26,27)15-9-7-13(8-10-15)16-11-21-19-17(20(24)25)12-22-23(19)18(16)14-5-3-2-4-6-14/h2-12H,1H3,(H,24,25). The third-order valence-electron chi connectivity index (χ3n) is 4.40. The average Bonchev–Trinajstić information content (AvgIpc) is 3.12. The van der Waals surface area contributed by atoms with E-state index in [4.69, 9.17) is 0 Å². The highest BCUT2D eigenvalue weighted by Gasteiger charge is 2.19. The van der Waals surface area contributed by atoms with Crippen LogP contribution in [-0.4, -0.2) is 40.3 Å². The fourth-order valence-corrected chi connectivity index (χ4v) is 3.68. The zero-order valence-electron chi connectivity index (χ0n) is 14.8. The molecule has 7 nitrogen and oxygen atoms in total. The second kappa shape index (κ2) is 6.58. The Morgan fingerprint density at radius 1 is 0.964 bits per heavy atom. The average molecular weight is 393 g/mol. The Balaban J connectivity index is 2.00. The van der Waals surface area contributed by atoms with Gasteiger partial charge in [0.2, 0.25) is 0 Å². The molecule has 2 aromatic carbocycles. The molecule has 0 fully saturated rings. The zero-order valence-corrected chi connectivity index (χ0v) is 15.6. The fraction of sp³-hybridized carbons (Fsp3) is 0.0500. The Bertz CT molecular complexity index is 1290. The normalized spacial score (nSPS) is 11.6. The summed E-state index contributed by atoms with van der Waals surface area (Å²) in [5.74, 6) is -1.10. The molecular formula is C20H15N3O4S. The predicted molar refractivity (Wildman–Crippen MR) is 104 cm³/mol. The van der Waals surface area contributed by atoms with Crippen LogP contribution >= 0.6 is 0 Å². The minimum absolute atomic E-state index is 0.0103. The van der Waals surface area contributed by atoms with Crippen LogP contribution in [0.2, 0.25) is 0 Å². The maximum atomic E-state index is 11.7. The summed E-state index contributed by atoms with van der Waals surface area (Å²) in [7, 11) is -3.30. The van der Waals surface area contributed by atoms with Gasteiger partial charge < -0.3 is 5.11 Å². The molecule has 4 aromatic rings. The minimum Gasteiger partial charge on any atom is -0.477 e. The molecule has 140 valence electrons.